The average Bonchev–Trinajstić information content (AvgIpc) is 2.79. The summed E-state index contributed by atoms with van der Waals surface area (Å²) in [6.45, 7) is 4.17. The molecule has 1 aliphatic heterocycles. The van der Waals surface area contributed by atoms with E-state index in [9.17, 15) is 0 Å². The van der Waals surface area contributed by atoms with Crippen molar-refractivity contribution in [3.63, 3.8) is 0 Å². The van der Waals surface area contributed by atoms with E-state index in [-0.39, 0.29) is 6.61 Å². The highest BCUT2D eigenvalue weighted by atomic mass is 16.3. The van der Waals surface area contributed by atoms with Crippen LogP contribution in [0.3, 0.4) is 0 Å². The van der Waals surface area contributed by atoms with Crippen LogP contribution in [0.25, 0.3) is 0 Å². The second-order valence-electron chi connectivity index (χ2n) is 4.29. The van der Waals surface area contributed by atoms with E-state index in [1.165, 1.54) is 6.42 Å². The van der Waals surface area contributed by atoms with Crippen LogP contribution in [-0.2, 0) is 0 Å². The monoisotopic (exact) mass is 236 g/mol. The maximum Gasteiger partial charge on any atom is 0.134 e. The van der Waals surface area contributed by atoms with E-state index in [0.29, 0.717) is 6.04 Å². The van der Waals surface area contributed by atoms with Crippen LogP contribution in [0.5, 0.6) is 0 Å². The fourth-order valence-corrected chi connectivity index (χ4v) is 2.37. The van der Waals surface area contributed by atoms with E-state index in [4.69, 9.17) is 5.11 Å². The summed E-state index contributed by atoms with van der Waals surface area (Å²) in [6.07, 6.45) is 4.73. The van der Waals surface area contributed by atoms with Crippen molar-refractivity contribution in [2.45, 2.75) is 32.2 Å². The molecule has 5 heteroatoms. The molecule has 1 unspecified atom stereocenters. The lowest BCUT2D eigenvalue weighted by molar-refractivity contribution is 0.275. The highest BCUT2D eigenvalue weighted by molar-refractivity contribution is 5.49. The number of aliphatic hydroxyl groups excluding tert-OH is 1. The van der Waals surface area contributed by atoms with Gasteiger partial charge in [0.15, 0.2) is 0 Å². The lowest BCUT2D eigenvalue weighted by Crippen LogP contribution is -2.30. The number of aromatic nitrogens is 2. The van der Waals surface area contributed by atoms with Crippen molar-refractivity contribution in [1.29, 1.82) is 0 Å². The number of nitrogens with one attached hydrogen (secondary N) is 1. The Hall–Kier alpha value is -1.36. The molecular weight excluding hydrogens is 216 g/mol. The molecule has 0 spiro atoms. The first-order chi connectivity index (χ1) is 8.35. The predicted octanol–water partition coefficient (Wildman–Crippen LogP) is 1.26. The van der Waals surface area contributed by atoms with Crippen LogP contribution in [0.1, 0.15) is 26.2 Å². The van der Waals surface area contributed by atoms with E-state index in [1.807, 2.05) is 13.0 Å². The number of hydrogen-bond acceptors (Lipinski definition) is 5. The summed E-state index contributed by atoms with van der Waals surface area (Å²) in [5.74, 6) is 1.83. The zero-order valence-corrected chi connectivity index (χ0v) is 10.3. The van der Waals surface area contributed by atoms with Crippen molar-refractivity contribution in [2.75, 3.05) is 29.9 Å². The summed E-state index contributed by atoms with van der Waals surface area (Å²) in [5.41, 5.74) is 0. The summed E-state index contributed by atoms with van der Waals surface area (Å²) in [5, 5.41) is 12.2. The van der Waals surface area contributed by atoms with E-state index in [1.54, 1.807) is 6.33 Å². The number of hydrogen-bond donors (Lipinski definition) is 2. The summed E-state index contributed by atoms with van der Waals surface area (Å²) < 4.78 is 0. The van der Waals surface area contributed by atoms with Crippen molar-refractivity contribution in [3.05, 3.63) is 12.4 Å². The first-order valence-electron chi connectivity index (χ1n) is 6.28. The van der Waals surface area contributed by atoms with Crippen LogP contribution in [-0.4, -0.2) is 40.8 Å². The normalized spacial score (nSPS) is 19.6. The molecule has 1 aromatic rings. The summed E-state index contributed by atoms with van der Waals surface area (Å²) in [4.78, 5) is 10.8. The fraction of sp³-hybridized carbons (Fsp3) is 0.667. The molecule has 2 N–H and O–H groups in total. The van der Waals surface area contributed by atoms with Crippen molar-refractivity contribution < 1.29 is 5.11 Å². The Balaban J connectivity index is 2.12. The van der Waals surface area contributed by atoms with Crippen LogP contribution in [0.2, 0.25) is 0 Å². The number of nitrogens with zero attached hydrogens (tertiary/aromatic N) is 3. The molecule has 2 rings (SSSR count). The molecule has 0 aromatic carbocycles. The van der Waals surface area contributed by atoms with Gasteiger partial charge in [-0.1, -0.05) is 0 Å². The Bertz CT molecular complexity index is 358. The smallest absolute Gasteiger partial charge is 0.134 e. The molecule has 1 saturated heterocycles. The van der Waals surface area contributed by atoms with Crippen molar-refractivity contribution in [2.24, 2.45) is 0 Å². The number of anilines is 2. The zero-order chi connectivity index (χ0) is 12.1. The van der Waals surface area contributed by atoms with Crippen LogP contribution >= 0.6 is 0 Å². The number of aliphatic hydroxyl groups is 1. The predicted molar refractivity (Wildman–Crippen MR) is 68.3 cm³/mol. The molecule has 0 aliphatic carbocycles. The van der Waals surface area contributed by atoms with Crippen molar-refractivity contribution >= 4 is 11.6 Å². The molecular formula is C12H20N4O. The molecule has 0 radical (unpaired) electrons. The van der Waals surface area contributed by atoms with Gasteiger partial charge in [-0.2, -0.15) is 0 Å². The minimum atomic E-state index is 0.242. The van der Waals surface area contributed by atoms with Crippen molar-refractivity contribution in [3.8, 4) is 0 Å². The molecule has 1 aliphatic rings. The summed E-state index contributed by atoms with van der Waals surface area (Å²) >= 11 is 0. The highest BCUT2D eigenvalue weighted by Gasteiger charge is 2.25. The van der Waals surface area contributed by atoms with Gasteiger partial charge in [-0.05, 0) is 26.2 Å². The number of rotatable bonds is 5. The maximum atomic E-state index is 9.06. The third-order valence-corrected chi connectivity index (χ3v) is 3.14. The first-order valence-corrected chi connectivity index (χ1v) is 6.28. The van der Waals surface area contributed by atoms with Crippen LogP contribution in [0.15, 0.2) is 12.4 Å². The summed E-state index contributed by atoms with van der Waals surface area (Å²) in [7, 11) is 0. The molecule has 5 nitrogen and oxygen atoms in total. The van der Waals surface area contributed by atoms with Gasteiger partial charge in [0.2, 0.25) is 0 Å². The molecule has 1 aromatic heterocycles. The molecule has 1 fully saturated rings. The minimum Gasteiger partial charge on any atom is -0.396 e. The standard InChI is InChI=1S/C12H20N4O/c1-2-13-11-8-12(15-9-14-11)16-6-3-4-10(16)5-7-17/h8-10,17H,2-7H2,1H3,(H,13,14,15). The van der Waals surface area contributed by atoms with Crippen LogP contribution in [0, 0.1) is 0 Å². The van der Waals surface area contributed by atoms with Crippen LogP contribution in [0.4, 0.5) is 11.6 Å². The summed E-state index contributed by atoms with van der Waals surface area (Å²) in [6, 6.07) is 2.41. The van der Waals surface area contributed by atoms with Crippen molar-refractivity contribution in [1.82, 2.24) is 9.97 Å². The quantitative estimate of drug-likeness (QED) is 0.806. The molecule has 94 valence electrons. The van der Waals surface area contributed by atoms with Gasteiger partial charge in [0.05, 0.1) is 0 Å². The van der Waals surface area contributed by atoms with Gasteiger partial charge in [-0.25, -0.2) is 9.97 Å². The second-order valence-corrected chi connectivity index (χ2v) is 4.29. The lowest BCUT2D eigenvalue weighted by atomic mass is 10.1. The Morgan fingerprint density at radius 1 is 1.53 bits per heavy atom. The molecule has 0 bridgehead atoms. The molecule has 1 atom stereocenters. The van der Waals surface area contributed by atoms with Gasteiger partial charge in [0, 0.05) is 31.8 Å². The Kier molecular flexibility index (Phi) is 4.14. The first kappa shape index (κ1) is 12.1. The Morgan fingerprint density at radius 3 is 3.18 bits per heavy atom. The zero-order valence-electron chi connectivity index (χ0n) is 10.3. The third kappa shape index (κ3) is 2.85. The third-order valence-electron chi connectivity index (χ3n) is 3.14. The van der Waals surface area contributed by atoms with Gasteiger partial charge in [-0.3, -0.25) is 0 Å². The largest absolute Gasteiger partial charge is 0.396 e. The second kappa shape index (κ2) is 5.82. The topological polar surface area (TPSA) is 61.3 Å². The SMILES string of the molecule is CCNc1cc(N2CCCC2CCO)ncn1. The minimum absolute atomic E-state index is 0.242. The van der Waals surface area contributed by atoms with E-state index in [0.717, 1.165) is 37.6 Å². The molecule has 0 amide bonds. The fourth-order valence-electron chi connectivity index (χ4n) is 2.37. The van der Waals surface area contributed by atoms with Gasteiger partial charge in [0.25, 0.3) is 0 Å². The van der Waals surface area contributed by atoms with E-state index >= 15 is 0 Å². The van der Waals surface area contributed by atoms with Gasteiger partial charge < -0.3 is 15.3 Å². The molecule has 0 saturated carbocycles. The van der Waals surface area contributed by atoms with E-state index < -0.39 is 0 Å². The average molecular weight is 236 g/mol. The maximum absolute atomic E-state index is 9.06. The highest BCUT2D eigenvalue weighted by Crippen LogP contribution is 2.26. The van der Waals surface area contributed by atoms with Gasteiger partial charge >= 0.3 is 0 Å². The Morgan fingerprint density at radius 2 is 2.41 bits per heavy atom. The van der Waals surface area contributed by atoms with Gasteiger partial charge in [0.1, 0.15) is 18.0 Å². The lowest BCUT2D eigenvalue weighted by Gasteiger charge is -2.25. The van der Waals surface area contributed by atoms with Gasteiger partial charge in [-0.15, -0.1) is 0 Å². The Labute approximate surface area is 102 Å². The molecule has 17 heavy (non-hydrogen) atoms. The molecule has 2 heterocycles. The van der Waals surface area contributed by atoms with E-state index in [2.05, 4.69) is 20.2 Å². The van der Waals surface area contributed by atoms with Crippen LogP contribution < -0.4 is 10.2 Å².